The van der Waals surface area contributed by atoms with E-state index in [1.54, 1.807) is 26.1 Å². The van der Waals surface area contributed by atoms with Crippen LogP contribution in [0.5, 0.6) is 0 Å². The lowest BCUT2D eigenvalue weighted by atomic mass is 9.33. The first-order chi connectivity index (χ1) is 26.8. The predicted octanol–water partition coefficient (Wildman–Crippen LogP) is 10.4. The van der Waals surface area contributed by atoms with Crippen LogP contribution in [0.4, 0.5) is 0 Å². The van der Waals surface area contributed by atoms with E-state index in [0.29, 0.717) is 18.3 Å². The monoisotopic (exact) mass is 797 g/mol. The molecule has 0 bridgehead atoms. The Hall–Kier alpha value is -3.29. The molecule has 1 aromatic heterocycles. The summed E-state index contributed by atoms with van der Waals surface area (Å²) < 4.78 is 12.0. The van der Waals surface area contributed by atoms with Crippen molar-refractivity contribution in [2.75, 3.05) is 0 Å². The lowest BCUT2D eigenvalue weighted by molar-refractivity contribution is -0.232. The molecule has 1 aromatic rings. The molecule has 8 atom stereocenters. The van der Waals surface area contributed by atoms with Crippen LogP contribution >= 0.6 is 0 Å². The molecule has 8 heteroatoms. The molecule has 1 N–H and O–H groups in total. The molecule has 5 saturated carbocycles. The Morgan fingerprint density at radius 2 is 1.59 bits per heavy atom. The summed E-state index contributed by atoms with van der Waals surface area (Å²) in [6.07, 6.45) is 15.7. The zero-order valence-corrected chi connectivity index (χ0v) is 37.7. The number of fused-ring (bicyclic) bond motifs is 7. The number of amides is 1. The normalized spacial score (nSPS) is 36.4. The van der Waals surface area contributed by atoms with E-state index in [1.165, 1.54) is 5.57 Å². The van der Waals surface area contributed by atoms with Crippen LogP contribution in [0, 0.1) is 56.2 Å². The smallest absolute Gasteiger partial charge is 0.312 e. The van der Waals surface area contributed by atoms with Crippen LogP contribution in [0.15, 0.2) is 47.7 Å². The van der Waals surface area contributed by atoms with Crippen LogP contribution in [-0.4, -0.2) is 40.3 Å². The SMILES string of the molecule is CC(C)C1=C2[C@H]3CC[C@@H]4[C@@]5(C)CC[C@H](OC(=O)CC(C)(C)C(=O)OC(C)(C)C)C(C)(C)[C@@H]5CC[C@@]4(C)[C@]3(C)CC[C@@]2(C=CC(=O)NC2(c3ccccn3)CC2)CC1=O. The first kappa shape index (κ1) is 42.8. The molecule has 0 radical (unpaired) electrons. The van der Waals surface area contributed by atoms with Crippen molar-refractivity contribution < 1.29 is 28.7 Å². The highest BCUT2D eigenvalue weighted by atomic mass is 16.6. The van der Waals surface area contributed by atoms with Gasteiger partial charge < -0.3 is 14.8 Å². The number of pyridine rings is 1. The molecule has 0 aliphatic heterocycles. The van der Waals surface area contributed by atoms with E-state index in [9.17, 15) is 19.2 Å². The van der Waals surface area contributed by atoms with Crippen molar-refractivity contribution >= 4 is 23.6 Å². The fourth-order valence-corrected chi connectivity index (χ4v) is 13.8. The molecular weight excluding hydrogens is 725 g/mol. The number of carbonyl (C=O) groups excluding carboxylic acids is 4. The van der Waals surface area contributed by atoms with Gasteiger partial charge in [-0.2, -0.15) is 0 Å². The maximum absolute atomic E-state index is 14.1. The largest absolute Gasteiger partial charge is 0.462 e. The first-order valence-electron chi connectivity index (χ1n) is 22.5. The number of Topliss-reactive ketones (excluding diaryl/α,β-unsaturated/α-hetero) is 1. The minimum atomic E-state index is -0.980. The number of esters is 2. The van der Waals surface area contributed by atoms with E-state index in [2.05, 4.69) is 64.8 Å². The molecule has 8 nitrogen and oxygen atoms in total. The fraction of sp³-hybridized carbons (Fsp3) is 0.740. The van der Waals surface area contributed by atoms with Gasteiger partial charge in [0.15, 0.2) is 5.78 Å². The van der Waals surface area contributed by atoms with E-state index >= 15 is 0 Å². The standard InChI is InChI=1S/C50H72N2O6/c1-31(2)40-33(53)29-49(23-20-38(54)52-50(26-27-50)36-15-13-14-28-51-36)25-24-47(11)32(41(40)49)16-17-35-46(10)21-19-37(45(8,9)34(46)18-22-48(35,47)12)57-39(55)30-44(6,7)42(56)58-43(3,4)5/h13-15,20,23,28,31-32,34-35,37H,16-19,21-22,24-27,29-30H2,1-12H3,(H,52,54)/t32-,34+,35-,37+,46+,47-,48-,49+/m1/s1. The van der Waals surface area contributed by atoms with Gasteiger partial charge in [0.05, 0.1) is 23.1 Å². The first-order valence-corrected chi connectivity index (χ1v) is 22.5. The Kier molecular flexibility index (Phi) is 10.4. The number of allylic oxidation sites excluding steroid dienone is 3. The second kappa shape index (κ2) is 14.1. The minimum Gasteiger partial charge on any atom is -0.462 e. The van der Waals surface area contributed by atoms with E-state index in [4.69, 9.17) is 9.47 Å². The Morgan fingerprint density at radius 1 is 0.879 bits per heavy atom. The third kappa shape index (κ3) is 6.92. The number of aromatic nitrogens is 1. The molecule has 0 spiro atoms. The molecule has 1 amide bonds. The molecule has 0 saturated heterocycles. The number of nitrogens with one attached hydrogen (secondary N) is 1. The minimum absolute atomic E-state index is 0.00133. The van der Waals surface area contributed by atoms with Crippen molar-refractivity contribution in [3.8, 4) is 0 Å². The van der Waals surface area contributed by atoms with Crippen molar-refractivity contribution in [2.24, 2.45) is 56.2 Å². The van der Waals surface area contributed by atoms with Crippen molar-refractivity contribution in [1.82, 2.24) is 10.3 Å². The van der Waals surface area contributed by atoms with Crippen molar-refractivity contribution in [3.05, 3.63) is 53.4 Å². The average molecular weight is 797 g/mol. The fourth-order valence-electron chi connectivity index (χ4n) is 13.8. The van der Waals surface area contributed by atoms with Crippen molar-refractivity contribution in [1.29, 1.82) is 0 Å². The van der Waals surface area contributed by atoms with Crippen LogP contribution in [0.2, 0.25) is 0 Å². The average Bonchev–Trinajstić information content (AvgIpc) is 3.83. The van der Waals surface area contributed by atoms with Crippen LogP contribution in [-0.2, 0) is 34.2 Å². The lowest BCUT2D eigenvalue weighted by Crippen LogP contribution is -2.65. The van der Waals surface area contributed by atoms with Crippen LogP contribution in [0.1, 0.15) is 166 Å². The number of rotatable bonds is 9. The Morgan fingerprint density at radius 3 is 2.21 bits per heavy atom. The number of nitrogens with zero attached hydrogens (tertiary/aromatic N) is 1. The van der Waals surface area contributed by atoms with Crippen LogP contribution < -0.4 is 5.32 Å². The van der Waals surface area contributed by atoms with Crippen molar-refractivity contribution in [2.45, 2.75) is 177 Å². The topological polar surface area (TPSA) is 112 Å². The quantitative estimate of drug-likeness (QED) is 0.196. The molecule has 1 heterocycles. The zero-order valence-electron chi connectivity index (χ0n) is 37.7. The summed E-state index contributed by atoms with van der Waals surface area (Å²) in [5.41, 5.74) is 0.754. The molecular formula is C50H72N2O6. The molecule has 58 heavy (non-hydrogen) atoms. The van der Waals surface area contributed by atoms with Crippen molar-refractivity contribution in [3.63, 3.8) is 0 Å². The third-order valence-electron chi connectivity index (χ3n) is 17.1. The Labute approximate surface area is 348 Å². The third-order valence-corrected chi connectivity index (χ3v) is 17.1. The van der Waals surface area contributed by atoms with Gasteiger partial charge in [0.2, 0.25) is 5.91 Å². The van der Waals surface area contributed by atoms with E-state index in [1.807, 2.05) is 39.0 Å². The van der Waals surface area contributed by atoms with Gasteiger partial charge in [0, 0.05) is 23.4 Å². The highest BCUT2D eigenvalue weighted by Gasteiger charge is 2.70. The summed E-state index contributed by atoms with van der Waals surface area (Å²) >= 11 is 0. The number of ketones is 1. The van der Waals surface area contributed by atoms with Gasteiger partial charge in [-0.15, -0.1) is 0 Å². The summed E-state index contributed by atoms with van der Waals surface area (Å²) in [7, 11) is 0. The molecule has 318 valence electrons. The van der Waals surface area contributed by atoms with Gasteiger partial charge in [-0.05, 0) is 168 Å². The number of ether oxygens (including phenoxy) is 2. The Bertz CT molecular complexity index is 1900. The molecule has 0 aromatic carbocycles. The number of hydrogen-bond acceptors (Lipinski definition) is 7. The van der Waals surface area contributed by atoms with Crippen LogP contribution in [0.25, 0.3) is 0 Å². The summed E-state index contributed by atoms with van der Waals surface area (Å²) in [6.45, 7) is 25.7. The number of carbonyl (C=O) groups is 4. The summed E-state index contributed by atoms with van der Waals surface area (Å²) in [5.74, 6) is 0.729. The predicted molar refractivity (Wildman–Crippen MR) is 226 cm³/mol. The molecule has 6 aliphatic rings. The molecule has 0 unspecified atom stereocenters. The van der Waals surface area contributed by atoms with Gasteiger partial charge in [-0.3, -0.25) is 24.2 Å². The van der Waals surface area contributed by atoms with Gasteiger partial charge in [-0.25, -0.2) is 0 Å². The zero-order chi connectivity index (χ0) is 42.5. The summed E-state index contributed by atoms with van der Waals surface area (Å²) in [6, 6.07) is 5.87. The summed E-state index contributed by atoms with van der Waals surface area (Å²) in [4.78, 5) is 58.8. The highest BCUT2D eigenvalue weighted by molar-refractivity contribution is 6.01. The molecule has 7 rings (SSSR count). The van der Waals surface area contributed by atoms with E-state index < -0.39 is 22.0 Å². The summed E-state index contributed by atoms with van der Waals surface area (Å²) in [5, 5.41) is 3.29. The maximum Gasteiger partial charge on any atom is 0.312 e. The van der Waals surface area contributed by atoms with Crippen LogP contribution in [0.3, 0.4) is 0 Å². The Balaban J connectivity index is 1.11. The highest BCUT2D eigenvalue weighted by Crippen LogP contribution is 2.77. The molecule has 6 aliphatic carbocycles. The maximum atomic E-state index is 14.1. The molecule has 5 fully saturated rings. The van der Waals surface area contributed by atoms with Gasteiger partial charge in [-0.1, -0.05) is 60.6 Å². The second-order valence-corrected chi connectivity index (χ2v) is 22.9. The van der Waals surface area contributed by atoms with Gasteiger partial charge >= 0.3 is 11.9 Å². The number of hydrogen-bond donors (Lipinski definition) is 1. The van der Waals surface area contributed by atoms with Gasteiger partial charge in [0.25, 0.3) is 0 Å². The lowest BCUT2D eigenvalue weighted by Gasteiger charge is -2.72. The van der Waals surface area contributed by atoms with E-state index in [0.717, 1.165) is 75.5 Å². The van der Waals surface area contributed by atoms with Gasteiger partial charge in [0.1, 0.15) is 11.7 Å². The second-order valence-electron chi connectivity index (χ2n) is 22.9. The van der Waals surface area contributed by atoms with E-state index in [-0.39, 0.29) is 69.6 Å².